The quantitative estimate of drug-likeness (QED) is 0.815. The van der Waals surface area contributed by atoms with E-state index in [0.29, 0.717) is 6.04 Å². The van der Waals surface area contributed by atoms with Crippen molar-refractivity contribution in [2.75, 3.05) is 0 Å². The predicted octanol–water partition coefficient (Wildman–Crippen LogP) is 2.65. The second kappa shape index (κ2) is 6.20. The highest BCUT2D eigenvalue weighted by molar-refractivity contribution is 5.05. The Kier molecular flexibility index (Phi) is 4.60. The summed E-state index contributed by atoms with van der Waals surface area (Å²) in [5.41, 5.74) is 7.53. The van der Waals surface area contributed by atoms with E-state index in [-0.39, 0.29) is 0 Å². The first-order chi connectivity index (χ1) is 8.24. The van der Waals surface area contributed by atoms with Crippen molar-refractivity contribution in [3.63, 3.8) is 0 Å². The minimum absolute atomic E-state index is 0.308. The fourth-order valence-corrected chi connectivity index (χ4v) is 2.99. The maximum atomic E-state index is 6.26. The van der Waals surface area contributed by atoms with Gasteiger partial charge in [-0.25, -0.2) is 0 Å². The number of hydrogen-bond acceptors (Lipinski definition) is 2. The first kappa shape index (κ1) is 12.6. The molecule has 0 aromatic carbocycles. The Labute approximate surface area is 104 Å². The molecule has 0 bridgehead atoms. The van der Waals surface area contributed by atoms with Crippen molar-refractivity contribution < 1.29 is 0 Å². The summed E-state index contributed by atoms with van der Waals surface area (Å²) in [5.74, 6) is 0.865. The third-order valence-corrected chi connectivity index (χ3v) is 3.87. The molecule has 1 saturated carbocycles. The van der Waals surface area contributed by atoms with Gasteiger partial charge in [0.15, 0.2) is 0 Å². The van der Waals surface area contributed by atoms with Gasteiger partial charge in [0.05, 0.1) is 6.20 Å². The van der Waals surface area contributed by atoms with Gasteiger partial charge in [-0.2, -0.15) is 5.10 Å². The van der Waals surface area contributed by atoms with Gasteiger partial charge in [-0.1, -0.05) is 38.5 Å². The number of rotatable bonds is 4. The van der Waals surface area contributed by atoms with E-state index in [2.05, 4.69) is 11.3 Å². The SMILES string of the molecule is Cn1cc(CC(N)CC2CCCCCC2)cn1. The molecule has 2 N–H and O–H groups in total. The summed E-state index contributed by atoms with van der Waals surface area (Å²) in [6.45, 7) is 0. The van der Waals surface area contributed by atoms with Crippen LogP contribution in [0.4, 0.5) is 0 Å². The van der Waals surface area contributed by atoms with Crippen LogP contribution in [0.25, 0.3) is 0 Å². The molecule has 3 heteroatoms. The van der Waals surface area contributed by atoms with Crippen molar-refractivity contribution in [1.29, 1.82) is 0 Å². The van der Waals surface area contributed by atoms with E-state index in [1.54, 1.807) is 0 Å². The zero-order chi connectivity index (χ0) is 12.1. The van der Waals surface area contributed by atoms with E-state index in [1.807, 2.05) is 17.9 Å². The van der Waals surface area contributed by atoms with E-state index in [4.69, 9.17) is 5.73 Å². The zero-order valence-electron chi connectivity index (χ0n) is 10.9. The second-order valence-electron chi connectivity index (χ2n) is 5.58. The third kappa shape index (κ3) is 4.15. The van der Waals surface area contributed by atoms with Gasteiger partial charge >= 0.3 is 0 Å². The van der Waals surface area contributed by atoms with Crippen LogP contribution in [0.3, 0.4) is 0 Å². The normalized spacial score (nSPS) is 20.1. The first-order valence-electron chi connectivity index (χ1n) is 6.97. The van der Waals surface area contributed by atoms with E-state index in [0.717, 1.165) is 12.3 Å². The number of hydrogen-bond donors (Lipinski definition) is 1. The average Bonchev–Trinajstić information content (AvgIpc) is 2.53. The van der Waals surface area contributed by atoms with Gasteiger partial charge in [-0.05, 0) is 24.3 Å². The Morgan fingerprint density at radius 3 is 2.65 bits per heavy atom. The summed E-state index contributed by atoms with van der Waals surface area (Å²) in [7, 11) is 1.96. The average molecular weight is 235 g/mol. The van der Waals surface area contributed by atoms with Crippen LogP contribution in [0.1, 0.15) is 50.5 Å². The molecular weight excluding hydrogens is 210 g/mol. The van der Waals surface area contributed by atoms with E-state index in [1.165, 1.54) is 50.5 Å². The van der Waals surface area contributed by atoms with Crippen LogP contribution in [-0.4, -0.2) is 15.8 Å². The molecule has 0 saturated heterocycles. The molecule has 1 aliphatic rings. The van der Waals surface area contributed by atoms with E-state index < -0.39 is 0 Å². The number of nitrogens with two attached hydrogens (primary N) is 1. The smallest absolute Gasteiger partial charge is 0.0522 e. The molecule has 2 rings (SSSR count). The third-order valence-electron chi connectivity index (χ3n) is 3.87. The highest BCUT2D eigenvalue weighted by Crippen LogP contribution is 2.26. The lowest BCUT2D eigenvalue weighted by atomic mass is 9.91. The molecule has 0 amide bonds. The summed E-state index contributed by atoms with van der Waals surface area (Å²) in [4.78, 5) is 0. The molecule has 1 atom stereocenters. The summed E-state index contributed by atoms with van der Waals surface area (Å²) in [5, 5.41) is 4.19. The van der Waals surface area contributed by atoms with Gasteiger partial charge in [-0.3, -0.25) is 4.68 Å². The molecule has 1 aliphatic carbocycles. The van der Waals surface area contributed by atoms with Crippen LogP contribution in [0, 0.1) is 5.92 Å². The highest BCUT2D eigenvalue weighted by Gasteiger charge is 2.16. The molecule has 96 valence electrons. The van der Waals surface area contributed by atoms with Crippen molar-refractivity contribution in [3.8, 4) is 0 Å². The summed E-state index contributed by atoms with van der Waals surface area (Å²) in [6, 6.07) is 0.308. The topological polar surface area (TPSA) is 43.8 Å². The Morgan fingerprint density at radius 1 is 1.35 bits per heavy atom. The lowest BCUT2D eigenvalue weighted by Gasteiger charge is -2.18. The molecule has 0 aliphatic heterocycles. The minimum atomic E-state index is 0.308. The Hall–Kier alpha value is -0.830. The Bertz CT molecular complexity index is 324. The number of nitrogens with zero attached hydrogens (tertiary/aromatic N) is 2. The van der Waals surface area contributed by atoms with Gasteiger partial charge in [0, 0.05) is 19.3 Å². The molecule has 1 unspecified atom stereocenters. The van der Waals surface area contributed by atoms with Crippen LogP contribution < -0.4 is 5.73 Å². The van der Waals surface area contributed by atoms with Gasteiger partial charge in [-0.15, -0.1) is 0 Å². The molecule has 0 spiro atoms. The highest BCUT2D eigenvalue weighted by atomic mass is 15.2. The lowest BCUT2D eigenvalue weighted by Crippen LogP contribution is -2.26. The standard InChI is InChI=1S/C14H25N3/c1-17-11-13(10-16-17)9-14(15)8-12-6-4-2-3-5-7-12/h10-12,14H,2-9,15H2,1H3. The van der Waals surface area contributed by atoms with Gasteiger partial charge in [0.2, 0.25) is 0 Å². The molecular formula is C14H25N3. The Balaban J connectivity index is 1.77. The molecule has 1 aromatic rings. The summed E-state index contributed by atoms with van der Waals surface area (Å²) >= 11 is 0. The van der Waals surface area contributed by atoms with Crippen molar-refractivity contribution in [1.82, 2.24) is 9.78 Å². The van der Waals surface area contributed by atoms with Gasteiger partial charge < -0.3 is 5.73 Å². The zero-order valence-corrected chi connectivity index (χ0v) is 10.9. The van der Waals surface area contributed by atoms with Crippen molar-refractivity contribution in [2.45, 2.75) is 57.4 Å². The maximum Gasteiger partial charge on any atom is 0.0522 e. The molecule has 3 nitrogen and oxygen atoms in total. The lowest BCUT2D eigenvalue weighted by molar-refractivity contribution is 0.387. The maximum absolute atomic E-state index is 6.26. The molecule has 1 heterocycles. The van der Waals surface area contributed by atoms with Crippen LogP contribution in [0.15, 0.2) is 12.4 Å². The molecule has 1 aromatic heterocycles. The second-order valence-corrected chi connectivity index (χ2v) is 5.58. The van der Waals surface area contributed by atoms with E-state index in [9.17, 15) is 0 Å². The number of aryl methyl sites for hydroxylation is 1. The molecule has 1 fully saturated rings. The number of aromatic nitrogens is 2. The van der Waals surface area contributed by atoms with Crippen molar-refractivity contribution in [2.24, 2.45) is 18.7 Å². The van der Waals surface area contributed by atoms with Crippen molar-refractivity contribution >= 4 is 0 Å². The largest absolute Gasteiger partial charge is 0.327 e. The Morgan fingerprint density at radius 2 is 2.06 bits per heavy atom. The summed E-state index contributed by atoms with van der Waals surface area (Å²) in [6.07, 6.45) is 14.6. The fraction of sp³-hybridized carbons (Fsp3) is 0.786. The van der Waals surface area contributed by atoms with Gasteiger partial charge in [0.1, 0.15) is 0 Å². The van der Waals surface area contributed by atoms with Crippen LogP contribution in [0.5, 0.6) is 0 Å². The fourth-order valence-electron chi connectivity index (χ4n) is 2.99. The van der Waals surface area contributed by atoms with Crippen molar-refractivity contribution in [3.05, 3.63) is 18.0 Å². The van der Waals surface area contributed by atoms with Crippen LogP contribution in [-0.2, 0) is 13.5 Å². The first-order valence-corrected chi connectivity index (χ1v) is 6.97. The van der Waals surface area contributed by atoms with Crippen LogP contribution in [0.2, 0.25) is 0 Å². The molecule has 0 radical (unpaired) electrons. The van der Waals surface area contributed by atoms with E-state index >= 15 is 0 Å². The minimum Gasteiger partial charge on any atom is -0.327 e. The summed E-state index contributed by atoms with van der Waals surface area (Å²) < 4.78 is 1.85. The molecule has 17 heavy (non-hydrogen) atoms. The predicted molar refractivity (Wildman–Crippen MR) is 70.7 cm³/mol. The van der Waals surface area contributed by atoms with Crippen LogP contribution >= 0.6 is 0 Å². The van der Waals surface area contributed by atoms with Gasteiger partial charge in [0.25, 0.3) is 0 Å². The monoisotopic (exact) mass is 235 g/mol.